The summed E-state index contributed by atoms with van der Waals surface area (Å²) in [6.07, 6.45) is 0. The maximum atomic E-state index is 14.4. The topological polar surface area (TPSA) is 34.1 Å². The molecule has 0 aliphatic rings. The van der Waals surface area contributed by atoms with E-state index in [0.717, 1.165) is 27.8 Å². The Hall–Kier alpha value is -3.19. The molecule has 194 valence electrons. The second-order valence-corrected chi connectivity index (χ2v) is 13.8. The summed E-state index contributed by atoms with van der Waals surface area (Å²) in [6, 6.07) is 7.90. The van der Waals surface area contributed by atoms with Crippen molar-refractivity contribution >= 4 is 15.4 Å². The van der Waals surface area contributed by atoms with Crippen LogP contribution in [0, 0.1) is 87.9 Å². The molecule has 0 saturated carbocycles. The zero-order valence-corrected chi connectivity index (χ0v) is 25.4. The van der Waals surface area contributed by atoms with Gasteiger partial charge in [-0.15, -0.1) is 0 Å². The molecule has 0 N–H and O–H groups in total. The molecule has 2 rings (SSSR count). The highest BCUT2D eigenvalue weighted by atomic mass is 32.2. The molecule has 0 aliphatic heterocycles. The van der Waals surface area contributed by atoms with E-state index >= 15 is 0 Å². The molecule has 2 aromatic rings. The summed E-state index contributed by atoms with van der Waals surface area (Å²) in [5.41, 5.74) is 6.08. The Kier molecular flexibility index (Phi) is 8.97. The van der Waals surface area contributed by atoms with Crippen LogP contribution >= 0.6 is 0 Å². The third kappa shape index (κ3) is 7.89. The first-order valence-electron chi connectivity index (χ1n) is 12.6. The lowest BCUT2D eigenvalue weighted by molar-refractivity contribution is 0.571. The second-order valence-electron chi connectivity index (χ2n) is 12.0. The fourth-order valence-electron chi connectivity index (χ4n) is 4.32. The molecule has 2 aromatic carbocycles. The summed E-state index contributed by atoms with van der Waals surface area (Å²) in [6.45, 7) is 23.7. The highest BCUT2D eigenvalue weighted by molar-refractivity contribution is 7.96. The van der Waals surface area contributed by atoms with Crippen LogP contribution in [0.15, 0.2) is 34.1 Å². The molecule has 0 radical (unpaired) electrons. The van der Waals surface area contributed by atoms with Gasteiger partial charge >= 0.3 is 0 Å². The van der Waals surface area contributed by atoms with E-state index in [1.165, 1.54) is 0 Å². The Labute approximate surface area is 225 Å². The van der Waals surface area contributed by atoms with E-state index in [9.17, 15) is 8.42 Å². The Morgan fingerprint density at radius 3 is 1.49 bits per heavy atom. The van der Waals surface area contributed by atoms with Crippen LogP contribution < -0.4 is 0 Å². The van der Waals surface area contributed by atoms with Gasteiger partial charge in [0.2, 0.25) is 9.84 Å². The van der Waals surface area contributed by atoms with Gasteiger partial charge in [0.15, 0.2) is 0 Å². The lowest BCUT2D eigenvalue weighted by Gasteiger charge is -2.17. The largest absolute Gasteiger partial charge is 0.218 e. The number of hydrogen-bond acceptors (Lipinski definition) is 2. The minimum absolute atomic E-state index is 0.00225. The molecule has 0 aromatic heterocycles. The van der Waals surface area contributed by atoms with Crippen molar-refractivity contribution in [3.63, 3.8) is 0 Å². The summed E-state index contributed by atoms with van der Waals surface area (Å²) in [4.78, 5) is 0.279. The number of rotatable bonds is 3. The molecule has 0 aliphatic carbocycles. The van der Waals surface area contributed by atoms with Gasteiger partial charge in [-0.05, 0) is 129 Å². The van der Waals surface area contributed by atoms with Crippen molar-refractivity contribution in [2.45, 2.75) is 88.0 Å². The van der Waals surface area contributed by atoms with E-state index in [1.807, 2.05) is 95.2 Å². The third-order valence-electron chi connectivity index (χ3n) is 5.53. The average molecular weight is 513 g/mol. The summed E-state index contributed by atoms with van der Waals surface area (Å²) in [5, 5.41) is 0. The van der Waals surface area contributed by atoms with Crippen molar-refractivity contribution in [3.8, 4) is 35.5 Å². The van der Waals surface area contributed by atoms with Gasteiger partial charge in [0.1, 0.15) is 4.91 Å². The Balaban J connectivity index is 3.18. The molecule has 0 fully saturated rings. The highest BCUT2D eigenvalue weighted by Crippen LogP contribution is 2.34. The van der Waals surface area contributed by atoms with E-state index in [1.54, 1.807) is 0 Å². The molecule has 3 heteroatoms. The van der Waals surface area contributed by atoms with Crippen LogP contribution in [0.5, 0.6) is 0 Å². The van der Waals surface area contributed by atoms with E-state index in [0.29, 0.717) is 16.7 Å². The van der Waals surface area contributed by atoms with Gasteiger partial charge in [-0.1, -0.05) is 53.2 Å². The minimum Gasteiger partial charge on any atom is -0.218 e. The zero-order chi connectivity index (χ0) is 28.3. The van der Waals surface area contributed by atoms with Gasteiger partial charge in [0.25, 0.3) is 0 Å². The summed E-state index contributed by atoms with van der Waals surface area (Å²) in [7, 11) is -4.02. The van der Waals surface area contributed by atoms with Crippen LogP contribution in [0.3, 0.4) is 0 Å². The van der Waals surface area contributed by atoms with Crippen molar-refractivity contribution in [3.05, 3.63) is 68.1 Å². The van der Waals surface area contributed by atoms with E-state index in [4.69, 9.17) is 0 Å². The van der Waals surface area contributed by atoms with Gasteiger partial charge in [0.05, 0.1) is 10.5 Å². The average Bonchev–Trinajstić information content (AvgIpc) is 2.67. The fourth-order valence-corrected chi connectivity index (χ4v) is 6.10. The first-order chi connectivity index (χ1) is 16.8. The van der Waals surface area contributed by atoms with Crippen molar-refractivity contribution in [1.82, 2.24) is 0 Å². The van der Waals surface area contributed by atoms with Crippen LogP contribution in [0.25, 0.3) is 5.57 Å². The molecule has 2 nitrogen and oxygen atoms in total. The number of sulfone groups is 1. The van der Waals surface area contributed by atoms with Gasteiger partial charge in [-0.3, -0.25) is 0 Å². The standard InChI is InChI=1S/C34H40O2S/c1-23-19-25(3)31(26(4)20-23)29(16-18-34(10,11)12)30(15-13-14-17-33(7,8)9)37(35,36)32-27(5)21-24(2)22-28(32)6/h19-22H,1-12H3/b30-29+. The fraction of sp³-hybridized carbons (Fsp3) is 0.412. The molecule has 0 saturated heterocycles. The van der Waals surface area contributed by atoms with Gasteiger partial charge in [0, 0.05) is 10.8 Å². The van der Waals surface area contributed by atoms with Crippen LogP contribution in [0.4, 0.5) is 0 Å². The van der Waals surface area contributed by atoms with E-state index < -0.39 is 9.84 Å². The van der Waals surface area contributed by atoms with Gasteiger partial charge in [-0.25, -0.2) is 8.42 Å². The molecule has 0 amide bonds. The maximum absolute atomic E-state index is 14.4. The predicted molar refractivity (Wildman–Crippen MR) is 158 cm³/mol. The SMILES string of the molecule is Cc1cc(C)c(/C(C#CC(C)(C)C)=C(\C#CC#CC(C)(C)C)S(=O)(=O)c2c(C)cc(C)cc2C)c(C)c1. The van der Waals surface area contributed by atoms with Gasteiger partial charge < -0.3 is 0 Å². The van der Waals surface area contributed by atoms with Crippen LogP contribution in [0.1, 0.15) is 80.5 Å². The molecule has 0 heterocycles. The summed E-state index contributed by atoms with van der Waals surface area (Å²) >= 11 is 0. The van der Waals surface area contributed by atoms with Crippen LogP contribution in [0.2, 0.25) is 0 Å². The summed E-state index contributed by atoms with van der Waals surface area (Å²) in [5.74, 6) is 18.3. The molecule has 0 unspecified atom stereocenters. The predicted octanol–water partition coefficient (Wildman–Crippen LogP) is 7.82. The Bertz CT molecular complexity index is 1500. The van der Waals surface area contributed by atoms with Crippen LogP contribution in [-0.4, -0.2) is 8.42 Å². The van der Waals surface area contributed by atoms with E-state index in [-0.39, 0.29) is 20.6 Å². The molecular formula is C34H40O2S. The lowest BCUT2D eigenvalue weighted by atomic mass is 9.91. The lowest BCUT2D eigenvalue weighted by Crippen LogP contribution is -2.11. The molecule has 0 spiro atoms. The van der Waals surface area contributed by atoms with Crippen molar-refractivity contribution in [2.24, 2.45) is 10.8 Å². The Morgan fingerprint density at radius 2 is 1.05 bits per heavy atom. The second kappa shape index (κ2) is 11.1. The monoisotopic (exact) mass is 512 g/mol. The summed E-state index contributed by atoms with van der Waals surface area (Å²) < 4.78 is 28.9. The minimum atomic E-state index is -4.02. The molecular weight excluding hydrogens is 472 g/mol. The number of benzene rings is 2. The first-order valence-corrected chi connectivity index (χ1v) is 14.0. The Morgan fingerprint density at radius 1 is 0.622 bits per heavy atom. The molecule has 37 heavy (non-hydrogen) atoms. The number of allylic oxidation sites excluding steroid dienone is 2. The smallest absolute Gasteiger partial charge is 0.216 e. The zero-order valence-electron chi connectivity index (χ0n) is 24.5. The molecule has 0 atom stereocenters. The van der Waals surface area contributed by atoms with Crippen molar-refractivity contribution in [1.29, 1.82) is 0 Å². The number of aryl methyl sites for hydroxylation is 6. The third-order valence-corrected chi connectivity index (χ3v) is 7.56. The number of hydrogen-bond donors (Lipinski definition) is 0. The molecule has 0 bridgehead atoms. The van der Waals surface area contributed by atoms with E-state index in [2.05, 4.69) is 47.7 Å². The van der Waals surface area contributed by atoms with Crippen LogP contribution in [-0.2, 0) is 9.84 Å². The first kappa shape index (κ1) is 30.0. The normalized spacial score (nSPS) is 12.3. The van der Waals surface area contributed by atoms with Crippen molar-refractivity contribution in [2.75, 3.05) is 0 Å². The highest BCUT2D eigenvalue weighted by Gasteiger charge is 2.28. The van der Waals surface area contributed by atoms with Crippen molar-refractivity contribution < 1.29 is 8.42 Å². The maximum Gasteiger partial charge on any atom is 0.216 e. The quantitative estimate of drug-likeness (QED) is 0.393. The van der Waals surface area contributed by atoms with Gasteiger partial charge in [-0.2, -0.15) is 0 Å².